The van der Waals surface area contributed by atoms with Crippen LogP contribution in [0, 0.1) is 0 Å². The van der Waals surface area contributed by atoms with Crippen LogP contribution in [0.2, 0.25) is 5.02 Å². The van der Waals surface area contributed by atoms with Crippen molar-refractivity contribution in [1.82, 2.24) is 9.38 Å². The Morgan fingerprint density at radius 2 is 1.23 bits per heavy atom. The van der Waals surface area contributed by atoms with Crippen molar-refractivity contribution >= 4 is 38.8 Å². The van der Waals surface area contributed by atoms with E-state index in [-0.39, 0.29) is 0 Å². The summed E-state index contributed by atoms with van der Waals surface area (Å²) in [6.07, 6.45) is 0. The van der Waals surface area contributed by atoms with E-state index in [4.69, 9.17) is 16.6 Å². The predicted molar refractivity (Wildman–Crippen MR) is 126 cm³/mol. The van der Waals surface area contributed by atoms with Crippen LogP contribution in [0.4, 0.5) is 0 Å². The molecule has 6 aromatic rings. The molecule has 2 heterocycles. The highest BCUT2D eigenvalue weighted by Gasteiger charge is 2.20. The maximum atomic E-state index is 6.46. The van der Waals surface area contributed by atoms with Gasteiger partial charge in [0.15, 0.2) is 0 Å². The van der Waals surface area contributed by atoms with Crippen molar-refractivity contribution in [2.45, 2.75) is 0 Å². The van der Waals surface area contributed by atoms with Crippen LogP contribution < -0.4 is 0 Å². The summed E-state index contributed by atoms with van der Waals surface area (Å²) in [6.45, 7) is 0. The van der Waals surface area contributed by atoms with Crippen molar-refractivity contribution in [2.24, 2.45) is 0 Å². The molecule has 0 aliphatic heterocycles. The van der Waals surface area contributed by atoms with Crippen molar-refractivity contribution in [3.63, 3.8) is 0 Å². The number of aromatic nitrogens is 2. The van der Waals surface area contributed by atoms with Gasteiger partial charge in [0, 0.05) is 26.9 Å². The summed E-state index contributed by atoms with van der Waals surface area (Å²) >= 11 is 6.46. The van der Waals surface area contributed by atoms with Gasteiger partial charge < -0.3 is 0 Å². The number of halogens is 1. The molecule has 0 saturated carbocycles. The molecule has 0 N–H and O–H groups in total. The third-order valence-corrected chi connectivity index (χ3v) is 5.86. The highest BCUT2D eigenvalue weighted by Crippen LogP contribution is 2.39. The normalized spacial score (nSPS) is 11.5. The first-order valence-corrected chi connectivity index (χ1v) is 10.3. The molecule has 0 bridgehead atoms. The topological polar surface area (TPSA) is 17.3 Å². The lowest BCUT2D eigenvalue weighted by Crippen LogP contribution is -1.94. The molecule has 0 fully saturated rings. The molecule has 0 aliphatic carbocycles. The van der Waals surface area contributed by atoms with Gasteiger partial charge in [-0.25, -0.2) is 4.98 Å². The van der Waals surface area contributed by atoms with Gasteiger partial charge in [-0.05, 0) is 17.5 Å². The zero-order valence-electron chi connectivity index (χ0n) is 16.1. The van der Waals surface area contributed by atoms with Crippen molar-refractivity contribution in [3.05, 3.63) is 108 Å². The zero-order chi connectivity index (χ0) is 20.1. The molecular formula is C27H17ClN2. The molecule has 0 atom stereocenters. The first kappa shape index (κ1) is 17.3. The Bertz CT molecular complexity index is 1530. The van der Waals surface area contributed by atoms with Crippen molar-refractivity contribution in [2.75, 3.05) is 0 Å². The molecule has 0 amide bonds. The largest absolute Gasteiger partial charge is 0.291 e. The monoisotopic (exact) mass is 404 g/mol. The van der Waals surface area contributed by atoms with Crippen LogP contribution in [0.15, 0.2) is 103 Å². The number of fused-ring (bicyclic) bond motifs is 6. The molecule has 0 aliphatic rings. The summed E-state index contributed by atoms with van der Waals surface area (Å²) in [5.41, 5.74) is 5.32. The van der Waals surface area contributed by atoms with E-state index < -0.39 is 0 Å². The van der Waals surface area contributed by atoms with Gasteiger partial charge in [-0.1, -0.05) is 103 Å². The Morgan fingerprint density at radius 3 is 1.97 bits per heavy atom. The summed E-state index contributed by atoms with van der Waals surface area (Å²) in [5, 5.41) is 4.26. The van der Waals surface area contributed by atoms with Crippen molar-refractivity contribution < 1.29 is 0 Å². The summed E-state index contributed by atoms with van der Waals surface area (Å²) in [6, 6.07) is 35.4. The smallest absolute Gasteiger partial charge is 0.145 e. The second kappa shape index (κ2) is 6.72. The molecule has 4 aromatic carbocycles. The molecule has 142 valence electrons. The second-order valence-corrected chi connectivity index (χ2v) is 7.84. The lowest BCUT2D eigenvalue weighted by Gasteiger charge is -2.12. The number of hydrogen-bond donors (Lipinski definition) is 0. The number of rotatable bonds is 2. The van der Waals surface area contributed by atoms with Crippen LogP contribution in [0.1, 0.15) is 0 Å². The minimum Gasteiger partial charge on any atom is -0.291 e. The number of imidazole rings is 1. The Balaban J connectivity index is 1.91. The second-order valence-electron chi connectivity index (χ2n) is 7.41. The van der Waals surface area contributed by atoms with E-state index in [1.807, 2.05) is 24.3 Å². The summed E-state index contributed by atoms with van der Waals surface area (Å²) in [7, 11) is 0. The molecule has 0 saturated heterocycles. The lowest BCUT2D eigenvalue weighted by atomic mass is 10.0. The fraction of sp³-hybridized carbons (Fsp3) is 0. The molecule has 0 radical (unpaired) electrons. The minimum absolute atomic E-state index is 0.716. The quantitative estimate of drug-likeness (QED) is 0.271. The summed E-state index contributed by atoms with van der Waals surface area (Å²) in [5.74, 6) is 0.919. The number of nitrogens with zero attached hydrogens (tertiary/aromatic N) is 2. The molecule has 2 nitrogen and oxygen atoms in total. The fourth-order valence-electron chi connectivity index (χ4n) is 4.32. The van der Waals surface area contributed by atoms with Crippen LogP contribution in [-0.4, -0.2) is 9.38 Å². The lowest BCUT2D eigenvalue weighted by molar-refractivity contribution is 1.22. The fourth-order valence-corrected chi connectivity index (χ4v) is 4.49. The van der Waals surface area contributed by atoms with Gasteiger partial charge in [-0.2, -0.15) is 0 Å². The van der Waals surface area contributed by atoms with E-state index in [0.29, 0.717) is 5.02 Å². The third-order valence-electron chi connectivity index (χ3n) is 5.63. The van der Waals surface area contributed by atoms with Crippen LogP contribution in [-0.2, 0) is 0 Å². The van der Waals surface area contributed by atoms with E-state index in [1.165, 1.54) is 10.8 Å². The van der Waals surface area contributed by atoms with Gasteiger partial charge >= 0.3 is 0 Å². The van der Waals surface area contributed by atoms with Crippen LogP contribution >= 0.6 is 11.6 Å². The van der Waals surface area contributed by atoms with Crippen molar-refractivity contribution in [3.8, 4) is 22.6 Å². The van der Waals surface area contributed by atoms with E-state index >= 15 is 0 Å². The SMILES string of the molecule is Clc1ccc2c3ccccc3c3c(-c4ccccc4)nc(-c4ccccc4)n3c2c1. The predicted octanol–water partition coefficient (Wildman–Crippen LogP) is 7.63. The minimum atomic E-state index is 0.716. The number of pyridine rings is 1. The van der Waals surface area contributed by atoms with Gasteiger partial charge in [-0.15, -0.1) is 0 Å². The average Bonchev–Trinajstić information content (AvgIpc) is 3.21. The number of benzene rings is 4. The maximum absolute atomic E-state index is 6.46. The number of hydrogen-bond acceptors (Lipinski definition) is 1. The molecule has 0 spiro atoms. The first-order chi connectivity index (χ1) is 14.8. The van der Waals surface area contributed by atoms with Crippen LogP contribution in [0.3, 0.4) is 0 Å². The van der Waals surface area contributed by atoms with Crippen molar-refractivity contribution in [1.29, 1.82) is 0 Å². The van der Waals surface area contributed by atoms with Gasteiger partial charge in [0.2, 0.25) is 0 Å². The summed E-state index contributed by atoms with van der Waals surface area (Å²) < 4.78 is 2.27. The van der Waals surface area contributed by atoms with E-state index in [1.54, 1.807) is 0 Å². The average molecular weight is 405 g/mol. The molecule has 3 heteroatoms. The van der Waals surface area contributed by atoms with E-state index in [9.17, 15) is 0 Å². The van der Waals surface area contributed by atoms with E-state index in [2.05, 4.69) is 83.3 Å². The Kier molecular flexibility index (Phi) is 3.87. The Hall–Kier alpha value is -3.62. The zero-order valence-corrected chi connectivity index (χ0v) is 16.8. The van der Waals surface area contributed by atoms with Gasteiger partial charge in [0.05, 0.1) is 16.7 Å². The third kappa shape index (κ3) is 2.54. The molecule has 6 rings (SSSR count). The first-order valence-electron chi connectivity index (χ1n) is 9.94. The van der Waals surface area contributed by atoms with Gasteiger partial charge in [-0.3, -0.25) is 4.40 Å². The molecular weight excluding hydrogens is 388 g/mol. The van der Waals surface area contributed by atoms with Gasteiger partial charge in [0.25, 0.3) is 0 Å². The summed E-state index contributed by atoms with van der Waals surface area (Å²) in [4.78, 5) is 5.18. The maximum Gasteiger partial charge on any atom is 0.145 e. The Labute approximate surface area is 179 Å². The van der Waals surface area contributed by atoms with Gasteiger partial charge in [0.1, 0.15) is 5.82 Å². The standard InChI is InChI=1S/C27H17ClN2/c28-20-15-16-22-21-13-7-8-14-23(21)26-25(18-9-3-1-4-10-18)29-27(30(26)24(22)17-20)19-11-5-2-6-12-19/h1-17H. The van der Waals surface area contributed by atoms with E-state index in [0.717, 1.165) is 39.1 Å². The molecule has 0 unspecified atom stereocenters. The van der Waals surface area contributed by atoms with Crippen LogP contribution in [0.5, 0.6) is 0 Å². The molecule has 2 aromatic heterocycles. The van der Waals surface area contributed by atoms with Crippen LogP contribution in [0.25, 0.3) is 49.8 Å². The highest BCUT2D eigenvalue weighted by molar-refractivity contribution is 6.31. The Morgan fingerprint density at radius 1 is 0.600 bits per heavy atom. The highest BCUT2D eigenvalue weighted by atomic mass is 35.5. The molecule has 30 heavy (non-hydrogen) atoms.